The maximum atomic E-state index is 12.2. The zero-order valence-electron chi connectivity index (χ0n) is 14.9. The molecule has 0 radical (unpaired) electrons. The minimum absolute atomic E-state index is 0.161. The Morgan fingerprint density at radius 1 is 1.00 bits per heavy atom. The molecule has 0 fully saturated rings. The molecule has 4 aromatic rings. The summed E-state index contributed by atoms with van der Waals surface area (Å²) in [5.74, 6) is 1.67. The Morgan fingerprint density at radius 3 is 2.63 bits per heavy atom. The molecule has 0 aliphatic heterocycles. The summed E-state index contributed by atoms with van der Waals surface area (Å²) >= 11 is 1.51. The van der Waals surface area contributed by atoms with E-state index >= 15 is 0 Å². The van der Waals surface area contributed by atoms with Crippen LogP contribution in [0.25, 0.3) is 10.9 Å². The Bertz CT molecular complexity index is 1070. The molecule has 0 amide bonds. The number of carbonyl (C=O) groups excluding carboxylic acids is 1. The van der Waals surface area contributed by atoms with Crippen LogP contribution in [0.1, 0.15) is 16.1 Å². The first-order valence-corrected chi connectivity index (χ1v) is 9.57. The van der Waals surface area contributed by atoms with Crippen LogP contribution < -0.4 is 4.74 Å². The lowest BCUT2D eigenvalue weighted by Crippen LogP contribution is -2.06. The molecule has 0 saturated carbocycles. The van der Waals surface area contributed by atoms with Gasteiger partial charge in [0.15, 0.2) is 0 Å². The number of pyridine rings is 1. The third kappa shape index (κ3) is 4.20. The Morgan fingerprint density at radius 2 is 1.85 bits per heavy atom. The summed E-state index contributed by atoms with van der Waals surface area (Å²) in [4.78, 5) is 20.7. The van der Waals surface area contributed by atoms with Gasteiger partial charge in [-0.2, -0.15) is 0 Å². The standard InChI is InChI=1S/C22H18N2O2S/c1-15-2-7-19-20(12-15)23-9-8-21(19)26-18-5-3-16(4-6-18)13-17(25)14-22-24-10-11-27-22/h2-12H,13-14H2,1H3. The smallest absolute Gasteiger partial charge is 0.144 e. The van der Waals surface area contributed by atoms with Crippen LogP contribution >= 0.6 is 11.3 Å². The van der Waals surface area contributed by atoms with Crippen molar-refractivity contribution in [2.45, 2.75) is 19.8 Å². The Labute approximate surface area is 161 Å². The summed E-state index contributed by atoms with van der Waals surface area (Å²) < 4.78 is 6.04. The van der Waals surface area contributed by atoms with Gasteiger partial charge in [-0.3, -0.25) is 9.78 Å². The molecule has 2 aromatic carbocycles. The van der Waals surface area contributed by atoms with Gasteiger partial charge in [-0.15, -0.1) is 11.3 Å². The summed E-state index contributed by atoms with van der Waals surface area (Å²) in [7, 11) is 0. The largest absolute Gasteiger partial charge is 0.457 e. The van der Waals surface area contributed by atoms with Crippen LogP contribution in [0, 0.1) is 6.92 Å². The minimum Gasteiger partial charge on any atom is -0.457 e. The molecule has 27 heavy (non-hydrogen) atoms. The normalized spacial score (nSPS) is 10.9. The van der Waals surface area contributed by atoms with Gasteiger partial charge in [0.05, 0.1) is 16.9 Å². The van der Waals surface area contributed by atoms with Crippen LogP contribution in [0.5, 0.6) is 11.5 Å². The van der Waals surface area contributed by atoms with E-state index in [1.54, 1.807) is 12.4 Å². The first-order chi connectivity index (χ1) is 13.2. The summed E-state index contributed by atoms with van der Waals surface area (Å²) in [5.41, 5.74) is 3.05. The van der Waals surface area contributed by atoms with Crippen molar-refractivity contribution in [1.82, 2.24) is 9.97 Å². The molecule has 0 aliphatic rings. The molecule has 5 heteroatoms. The predicted molar refractivity (Wildman–Crippen MR) is 108 cm³/mol. The molecule has 4 rings (SSSR count). The highest BCUT2D eigenvalue weighted by Gasteiger charge is 2.08. The maximum Gasteiger partial charge on any atom is 0.144 e. The lowest BCUT2D eigenvalue weighted by Gasteiger charge is -2.09. The zero-order chi connectivity index (χ0) is 18.6. The van der Waals surface area contributed by atoms with Crippen molar-refractivity contribution >= 4 is 28.0 Å². The van der Waals surface area contributed by atoms with Crippen LogP contribution in [0.15, 0.2) is 66.3 Å². The molecule has 0 bridgehead atoms. The quantitative estimate of drug-likeness (QED) is 0.468. The molecule has 0 N–H and O–H groups in total. The third-order valence-electron chi connectivity index (χ3n) is 4.24. The number of hydrogen-bond donors (Lipinski definition) is 0. The molecule has 4 nitrogen and oxygen atoms in total. The van der Waals surface area contributed by atoms with E-state index in [1.807, 2.05) is 60.8 Å². The highest BCUT2D eigenvalue weighted by atomic mass is 32.1. The average Bonchev–Trinajstić information content (AvgIpc) is 3.16. The van der Waals surface area contributed by atoms with E-state index < -0.39 is 0 Å². The van der Waals surface area contributed by atoms with Gasteiger partial charge < -0.3 is 4.74 Å². The van der Waals surface area contributed by atoms with Crippen molar-refractivity contribution in [2.75, 3.05) is 0 Å². The molecular formula is C22H18N2O2S. The number of fused-ring (bicyclic) bond motifs is 1. The lowest BCUT2D eigenvalue weighted by atomic mass is 10.1. The predicted octanol–water partition coefficient (Wildman–Crippen LogP) is 5.15. The fraction of sp³-hybridized carbons (Fsp3) is 0.136. The van der Waals surface area contributed by atoms with Crippen molar-refractivity contribution in [3.8, 4) is 11.5 Å². The molecule has 2 heterocycles. The molecular weight excluding hydrogens is 356 g/mol. The summed E-state index contributed by atoms with van der Waals surface area (Å²) in [6.45, 7) is 2.04. The Kier molecular flexibility index (Phi) is 4.94. The van der Waals surface area contributed by atoms with Gasteiger partial charge >= 0.3 is 0 Å². The number of benzene rings is 2. The fourth-order valence-electron chi connectivity index (χ4n) is 2.92. The second-order valence-electron chi connectivity index (χ2n) is 6.39. The van der Waals surface area contributed by atoms with E-state index in [9.17, 15) is 4.79 Å². The monoisotopic (exact) mass is 374 g/mol. The highest BCUT2D eigenvalue weighted by Crippen LogP contribution is 2.29. The van der Waals surface area contributed by atoms with Gasteiger partial charge in [-0.25, -0.2) is 4.98 Å². The van der Waals surface area contributed by atoms with Crippen LogP contribution in [-0.4, -0.2) is 15.8 Å². The maximum absolute atomic E-state index is 12.2. The van der Waals surface area contributed by atoms with Crippen molar-refractivity contribution in [3.63, 3.8) is 0 Å². The van der Waals surface area contributed by atoms with E-state index in [0.717, 1.165) is 33.0 Å². The van der Waals surface area contributed by atoms with Gasteiger partial charge in [-0.05, 0) is 48.4 Å². The zero-order valence-corrected chi connectivity index (χ0v) is 15.7. The number of aryl methyl sites for hydroxylation is 1. The van der Waals surface area contributed by atoms with Crippen molar-refractivity contribution in [2.24, 2.45) is 0 Å². The Hall–Kier alpha value is -3.05. The lowest BCUT2D eigenvalue weighted by molar-refractivity contribution is -0.117. The molecule has 0 atom stereocenters. The first kappa shape index (κ1) is 17.4. The van der Waals surface area contributed by atoms with Crippen LogP contribution in [0.2, 0.25) is 0 Å². The first-order valence-electron chi connectivity index (χ1n) is 8.69. The van der Waals surface area contributed by atoms with E-state index in [-0.39, 0.29) is 5.78 Å². The van der Waals surface area contributed by atoms with Crippen molar-refractivity contribution in [1.29, 1.82) is 0 Å². The van der Waals surface area contributed by atoms with Crippen LogP contribution in [0.4, 0.5) is 0 Å². The number of hydrogen-bond acceptors (Lipinski definition) is 5. The summed E-state index contributed by atoms with van der Waals surface area (Å²) in [6.07, 6.45) is 4.27. The van der Waals surface area contributed by atoms with Crippen LogP contribution in [0.3, 0.4) is 0 Å². The van der Waals surface area contributed by atoms with Gasteiger partial charge in [0.2, 0.25) is 0 Å². The third-order valence-corrected chi connectivity index (χ3v) is 5.02. The Balaban J connectivity index is 1.46. The van der Waals surface area contributed by atoms with Crippen molar-refractivity contribution in [3.05, 3.63) is 82.4 Å². The van der Waals surface area contributed by atoms with Gasteiger partial charge in [0.25, 0.3) is 0 Å². The number of carbonyl (C=O) groups is 1. The van der Waals surface area contributed by atoms with Gasteiger partial charge in [0.1, 0.15) is 17.3 Å². The highest BCUT2D eigenvalue weighted by molar-refractivity contribution is 7.09. The van der Waals surface area contributed by atoms with Crippen LogP contribution in [-0.2, 0) is 17.6 Å². The number of aromatic nitrogens is 2. The average molecular weight is 374 g/mol. The molecule has 0 aliphatic carbocycles. The topological polar surface area (TPSA) is 52.1 Å². The summed E-state index contributed by atoms with van der Waals surface area (Å²) in [6, 6.07) is 15.6. The number of rotatable bonds is 6. The van der Waals surface area contributed by atoms with E-state index in [1.165, 1.54) is 16.9 Å². The molecule has 0 spiro atoms. The molecule has 0 saturated heterocycles. The number of nitrogens with zero attached hydrogens (tertiary/aromatic N) is 2. The molecule has 0 unspecified atom stereocenters. The van der Waals surface area contributed by atoms with Gasteiger partial charge in [-0.1, -0.05) is 18.2 Å². The molecule has 2 aromatic heterocycles. The number of ketones is 1. The van der Waals surface area contributed by atoms with E-state index in [0.29, 0.717) is 12.8 Å². The summed E-state index contributed by atoms with van der Waals surface area (Å²) in [5, 5.41) is 3.73. The van der Waals surface area contributed by atoms with E-state index in [4.69, 9.17) is 4.74 Å². The molecule has 134 valence electrons. The number of thiazole rings is 1. The fourth-order valence-corrected chi connectivity index (χ4v) is 3.57. The second kappa shape index (κ2) is 7.68. The SMILES string of the molecule is Cc1ccc2c(Oc3ccc(CC(=O)Cc4nccs4)cc3)ccnc2c1. The van der Waals surface area contributed by atoms with Crippen molar-refractivity contribution < 1.29 is 9.53 Å². The minimum atomic E-state index is 0.161. The van der Waals surface area contributed by atoms with Gasteiger partial charge in [0, 0.05) is 29.6 Å². The second-order valence-corrected chi connectivity index (χ2v) is 7.37. The number of ether oxygens (including phenoxy) is 1. The number of Topliss-reactive ketones (excluding diaryl/α,β-unsaturated/α-hetero) is 1. The van der Waals surface area contributed by atoms with E-state index in [2.05, 4.69) is 9.97 Å².